The van der Waals surface area contributed by atoms with Gasteiger partial charge < -0.3 is 24.8 Å². The molecule has 39 heavy (non-hydrogen) atoms. The van der Waals surface area contributed by atoms with Crippen molar-refractivity contribution < 1.29 is 14.5 Å². The minimum absolute atomic E-state index is 0.00656. The van der Waals surface area contributed by atoms with Crippen LogP contribution in [0.5, 0.6) is 0 Å². The first-order valence-electron chi connectivity index (χ1n) is 12.2. The number of carbonyl (C=O) groups is 1. The molecule has 1 aliphatic heterocycles. The maximum Gasteiger partial charge on any atom is 0.271 e. The van der Waals surface area contributed by atoms with Crippen LogP contribution < -0.4 is 15.5 Å². The van der Waals surface area contributed by atoms with E-state index >= 15 is 0 Å². The van der Waals surface area contributed by atoms with Crippen LogP contribution in [0.3, 0.4) is 0 Å². The highest BCUT2D eigenvalue weighted by Crippen LogP contribution is 2.43. The van der Waals surface area contributed by atoms with Crippen LogP contribution in [0.15, 0.2) is 85.2 Å². The predicted molar refractivity (Wildman–Crippen MR) is 152 cm³/mol. The lowest BCUT2D eigenvalue weighted by Crippen LogP contribution is -2.30. The number of amides is 1. The first kappa shape index (κ1) is 26.0. The van der Waals surface area contributed by atoms with Gasteiger partial charge in [0.15, 0.2) is 5.11 Å². The van der Waals surface area contributed by atoms with Crippen LogP contribution >= 0.6 is 12.2 Å². The van der Waals surface area contributed by atoms with Crippen molar-refractivity contribution >= 4 is 40.3 Å². The van der Waals surface area contributed by atoms with E-state index < -0.39 is 4.92 Å². The van der Waals surface area contributed by atoms with Gasteiger partial charge in [-0.3, -0.25) is 19.9 Å². The first-order chi connectivity index (χ1) is 18.9. The summed E-state index contributed by atoms with van der Waals surface area (Å²) in [6, 6.07) is 21.2. The topological polar surface area (TPSA) is 115 Å². The number of carbonyl (C=O) groups excluding carboxylic acids is 1. The molecule has 2 N–H and O–H groups in total. The summed E-state index contributed by atoms with van der Waals surface area (Å²) in [4.78, 5) is 29.8. The van der Waals surface area contributed by atoms with Crippen LogP contribution in [0.4, 0.5) is 17.1 Å². The fourth-order valence-corrected chi connectivity index (χ4v) is 5.16. The van der Waals surface area contributed by atoms with Gasteiger partial charge in [-0.25, -0.2) is 0 Å². The highest BCUT2D eigenvalue weighted by Gasteiger charge is 2.42. The number of aromatic nitrogens is 2. The number of aryl methyl sites for hydroxylation is 1. The molecule has 0 spiro atoms. The minimum atomic E-state index is -0.405. The minimum Gasteiger partial charge on any atom is -0.375 e. The Kier molecular flexibility index (Phi) is 7.35. The van der Waals surface area contributed by atoms with Crippen molar-refractivity contribution in [3.8, 4) is 5.69 Å². The summed E-state index contributed by atoms with van der Waals surface area (Å²) in [7, 11) is 1.47. The van der Waals surface area contributed by atoms with E-state index in [1.807, 2.05) is 77.2 Å². The Balaban J connectivity index is 1.60. The lowest BCUT2D eigenvalue weighted by atomic mass is 10.00. The summed E-state index contributed by atoms with van der Waals surface area (Å²) in [5.74, 6) is -0.241. The summed E-state index contributed by atoms with van der Waals surface area (Å²) >= 11 is 5.85. The Labute approximate surface area is 230 Å². The molecule has 0 unspecified atom stereocenters. The van der Waals surface area contributed by atoms with E-state index in [1.54, 1.807) is 18.3 Å². The Morgan fingerprint density at radius 2 is 1.97 bits per heavy atom. The number of benzene rings is 2. The van der Waals surface area contributed by atoms with Gasteiger partial charge in [-0.05, 0) is 73.2 Å². The Bertz CT molecular complexity index is 1540. The highest BCUT2D eigenvalue weighted by atomic mass is 32.1. The van der Waals surface area contributed by atoms with Gasteiger partial charge in [0.2, 0.25) is 5.91 Å². The summed E-state index contributed by atoms with van der Waals surface area (Å²) in [6.45, 7) is 1.87. The fourth-order valence-electron chi connectivity index (χ4n) is 4.82. The molecule has 1 aliphatic rings. The number of nitro groups is 1. The molecule has 0 saturated carbocycles. The smallest absolute Gasteiger partial charge is 0.271 e. The largest absolute Gasteiger partial charge is 0.375 e. The second-order valence-electron chi connectivity index (χ2n) is 9.06. The van der Waals surface area contributed by atoms with Gasteiger partial charge in [-0.15, -0.1) is 0 Å². The first-order valence-corrected chi connectivity index (χ1v) is 12.6. The van der Waals surface area contributed by atoms with Gasteiger partial charge in [-0.1, -0.05) is 12.1 Å². The third kappa shape index (κ3) is 5.22. The van der Waals surface area contributed by atoms with E-state index in [0.29, 0.717) is 16.5 Å². The molecule has 3 heterocycles. The van der Waals surface area contributed by atoms with E-state index in [0.717, 1.165) is 22.6 Å². The van der Waals surface area contributed by atoms with Crippen molar-refractivity contribution in [2.24, 2.45) is 0 Å². The van der Waals surface area contributed by atoms with E-state index in [2.05, 4.69) is 15.6 Å². The average molecular weight is 543 g/mol. The number of nitrogens with zero attached hydrogens (tertiary/aromatic N) is 4. The molecule has 1 amide bonds. The summed E-state index contributed by atoms with van der Waals surface area (Å²) in [6.07, 6.45) is 3.62. The number of nitrogens with one attached hydrogen (secondary N) is 2. The molecule has 11 heteroatoms. The van der Waals surface area contributed by atoms with Crippen molar-refractivity contribution in [3.05, 3.63) is 112 Å². The molecule has 0 radical (unpaired) electrons. The van der Waals surface area contributed by atoms with E-state index in [9.17, 15) is 14.9 Å². The van der Waals surface area contributed by atoms with E-state index in [1.165, 1.54) is 13.2 Å². The number of non-ortho nitro benzene ring substituents is 1. The lowest BCUT2D eigenvalue weighted by Gasteiger charge is -2.29. The van der Waals surface area contributed by atoms with Gasteiger partial charge in [0.05, 0.1) is 22.3 Å². The van der Waals surface area contributed by atoms with Crippen molar-refractivity contribution in [2.45, 2.75) is 19.0 Å². The molecule has 2 aromatic heterocycles. The number of hydrogen-bond acceptors (Lipinski definition) is 6. The van der Waals surface area contributed by atoms with Crippen LogP contribution in [-0.4, -0.2) is 39.2 Å². The molecule has 2 aromatic carbocycles. The summed E-state index contributed by atoms with van der Waals surface area (Å²) < 4.78 is 6.85. The van der Waals surface area contributed by atoms with Gasteiger partial charge in [0.25, 0.3) is 5.69 Å². The molecule has 4 aromatic rings. The number of pyridine rings is 1. The maximum atomic E-state index is 12.1. The molecule has 0 aliphatic carbocycles. The van der Waals surface area contributed by atoms with Gasteiger partial charge in [0, 0.05) is 48.7 Å². The average Bonchev–Trinajstić information content (AvgIpc) is 3.55. The summed E-state index contributed by atoms with van der Waals surface area (Å²) in [5.41, 5.74) is 4.70. The number of methoxy groups -OCH3 is 1. The zero-order chi connectivity index (χ0) is 27.5. The number of rotatable bonds is 8. The fraction of sp³-hybridized carbons (Fsp3) is 0.179. The molecule has 5 rings (SSSR count). The number of ether oxygens (including phenoxy) is 1. The zero-order valence-electron chi connectivity index (χ0n) is 21.3. The second kappa shape index (κ2) is 11.0. The zero-order valence-corrected chi connectivity index (χ0v) is 22.1. The Hall–Kier alpha value is -4.61. The molecular formula is C28H26N6O4S. The van der Waals surface area contributed by atoms with Gasteiger partial charge >= 0.3 is 0 Å². The lowest BCUT2D eigenvalue weighted by molar-refractivity contribution is -0.384. The van der Waals surface area contributed by atoms with Gasteiger partial charge in [-0.2, -0.15) is 0 Å². The second-order valence-corrected chi connectivity index (χ2v) is 9.44. The maximum absolute atomic E-state index is 12.1. The SMILES string of the molecule is COCC(=O)Nc1ccc(N2C(=S)N[C@H](c3ccccn3)[C@@H]2c2cccn2-c2cccc([N+](=O)[O-])c2)cc1C. The number of thiocarbonyl (C=S) groups is 1. The predicted octanol–water partition coefficient (Wildman–Crippen LogP) is 4.85. The number of anilines is 2. The molecule has 0 bridgehead atoms. The third-order valence-electron chi connectivity index (χ3n) is 6.54. The molecule has 2 atom stereocenters. The van der Waals surface area contributed by atoms with Crippen LogP contribution in [0, 0.1) is 17.0 Å². The van der Waals surface area contributed by atoms with Crippen molar-refractivity contribution in [3.63, 3.8) is 0 Å². The molecule has 1 saturated heterocycles. The quantitative estimate of drug-likeness (QED) is 0.185. The Morgan fingerprint density at radius 3 is 2.69 bits per heavy atom. The standard InChI is InChI=1S/C28H26N6O4S/c1-18-15-20(11-12-22(18)30-25(35)17-38-2)33-27(26(31-28(33)39)23-9-3-4-13-29-23)24-10-6-14-32(24)19-7-5-8-21(16-19)34(36)37/h3-16,26-27H,17H2,1-2H3,(H,30,35)(H,31,39)/t26-,27+/m1/s1. The molecule has 198 valence electrons. The number of nitro benzene ring substituents is 1. The monoisotopic (exact) mass is 542 g/mol. The van der Waals surface area contributed by atoms with E-state index in [4.69, 9.17) is 17.0 Å². The van der Waals surface area contributed by atoms with E-state index in [-0.39, 0.29) is 30.3 Å². The van der Waals surface area contributed by atoms with Crippen molar-refractivity contribution in [1.29, 1.82) is 0 Å². The van der Waals surface area contributed by atoms with Crippen LogP contribution in [0.25, 0.3) is 5.69 Å². The molecule has 10 nitrogen and oxygen atoms in total. The van der Waals surface area contributed by atoms with Crippen molar-refractivity contribution in [2.75, 3.05) is 23.9 Å². The number of hydrogen-bond donors (Lipinski definition) is 2. The van der Waals surface area contributed by atoms with Crippen LogP contribution in [-0.2, 0) is 9.53 Å². The normalized spacial score (nSPS) is 16.7. The highest BCUT2D eigenvalue weighted by molar-refractivity contribution is 7.80. The van der Waals surface area contributed by atoms with Crippen LogP contribution in [0.1, 0.15) is 29.0 Å². The van der Waals surface area contributed by atoms with Crippen molar-refractivity contribution in [1.82, 2.24) is 14.9 Å². The third-order valence-corrected chi connectivity index (χ3v) is 6.85. The Morgan fingerprint density at radius 1 is 1.13 bits per heavy atom. The van der Waals surface area contributed by atoms with Crippen LogP contribution in [0.2, 0.25) is 0 Å². The molecule has 1 fully saturated rings. The van der Waals surface area contributed by atoms with Gasteiger partial charge in [0.1, 0.15) is 12.6 Å². The summed E-state index contributed by atoms with van der Waals surface area (Å²) in [5, 5.41) is 18.3. The molecular weight excluding hydrogens is 516 g/mol.